The zero-order chi connectivity index (χ0) is 13.9. The van der Waals surface area contributed by atoms with Crippen LogP contribution in [-0.2, 0) is 4.74 Å². The molecule has 0 bridgehead atoms. The predicted molar refractivity (Wildman–Crippen MR) is 62.6 cm³/mol. The van der Waals surface area contributed by atoms with Crippen LogP contribution in [0.3, 0.4) is 0 Å². The van der Waals surface area contributed by atoms with Gasteiger partial charge < -0.3 is 10.1 Å². The molecule has 18 heavy (non-hydrogen) atoms. The number of anilines is 1. The van der Waals surface area contributed by atoms with Crippen molar-refractivity contribution in [1.29, 1.82) is 0 Å². The van der Waals surface area contributed by atoms with Gasteiger partial charge in [-0.05, 0) is 13.8 Å². The number of hydrogen-bond donors (Lipinski definition) is 1. The summed E-state index contributed by atoms with van der Waals surface area (Å²) in [6.45, 7) is 3.62. The summed E-state index contributed by atoms with van der Waals surface area (Å²) in [6, 6.07) is 1.37. The van der Waals surface area contributed by atoms with Gasteiger partial charge in [0.1, 0.15) is 11.5 Å². The minimum Gasteiger partial charge on any atom is -0.382 e. The fourth-order valence-electron chi connectivity index (χ4n) is 1.61. The van der Waals surface area contributed by atoms with E-state index >= 15 is 0 Å². The van der Waals surface area contributed by atoms with Crippen LogP contribution in [0.2, 0.25) is 0 Å². The molecular weight excluding hydrogens is 246 g/mol. The number of hydrogen-bond acceptors (Lipinski definition) is 4. The molecule has 0 spiro atoms. The van der Waals surface area contributed by atoms with Crippen molar-refractivity contribution in [3.8, 4) is 0 Å². The topological polar surface area (TPSA) is 64.4 Å². The Bertz CT molecular complexity index is 464. The van der Waals surface area contributed by atoms with Crippen molar-refractivity contribution in [2.45, 2.75) is 19.4 Å². The number of ether oxygens (including phenoxy) is 1. The summed E-state index contributed by atoms with van der Waals surface area (Å²) in [4.78, 5) is 9.88. The number of nitro benzene ring substituents is 1. The molecule has 1 aromatic carbocycles. The molecule has 0 unspecified atom stereocenters. The smallest absolute Gasteiger partial charge is 0.327 e. The van der Waals surface area contributed by atoms with E-state index in [1.54, 1.807) is 13.8 Å². The highest BCUT2D eigenvalue weighted by molar-refractivity contribution is 5.63. The maximum absolute atomic E-state index is 13.4. The van der Waals surface area contributed by atoms with E-state index in [2.05, 4.69) is 5.32 Å². The molecule has 5 nitrogen and oxygen atoms in total. The first-order chi connectivity index (χ1) is 8.26. The third kappa shape index (κ3) is 3.36. The first-order valence-electron chi connectivity index (χ1n) is 5.17. The monoisotopic (exact) mass is 260 g/mol. The average Bonchev–Trinajstić information content (AvgIpc) is 2.13. The van der Waals surface area contributed by atoms with Gasteiger partial charge in [-0.2, -0.15) is 4.39 Å². The molecule has 7 heteroatoms. The van der Waals surface area contributed by atoms with E-state index in [1.807, 2.05) is 0 Å². The molecule has 0 aliphatic carbocycles. The van der Waals surface area contributed by atoms with Gasteiger partial charge in [-0.25, -0.2) is 4.39 Å². The van der Waals surface area contributed by atoms with Crippen LogP contribution in [0.25, 0.3) is 0 Å². The number of halogens is 2. The van der Waals surface area contributed by atoms with Crippen LogP contribution >= 0.6 is 0 Å². The van der Waals surface area contributed by atoms with Gasteiger partial charge in [0, 0.05) is 19.2 Å². The van der Waals surface area contributed by atoms with Crippen LogP contribution in [0.4, 0.5) is 20.2 Å². The van der Waals surface area contributed by atoms with Crippen LogP contribution in [0, 0.1) is 21.7 Å². The molecule has 100 valence electrons. The van der Waals surface area contributed by atoms with Crippen LogP contribution in [0.1, 0.15) is 13.8 Å². The zero-order valence-electron chi connectivity index (χ0n) is 10.3. The highest BCUT2D eigenvalue weighted by atomic mass is 19.1. The van der Waals surface area contributed by atoms with Crippen LogP contribution in [-0.4, -0.2) is 24.2 Å². The van der Waals surface area contributed by atoms with Gasteiger partial charge >= 0.3 is 5.69 Å². The second-order valence-electron chi connectivity index (χ2n) is 4.48. The molecular formula is C11H14F2N2O3. The second-order valence-corrected chi connectivity index (χ2v) is 4.48. The molecule has 0 aliphatic rings. The molecule has 1 aromatic rings. The van der Waals surface area contributed by atoms with Gasteiger partial charge in [0.15, 0.2) is 0 Å². The molecule has 0 amide bonds. The number of nitro groups is 1. The van der Waals surface area contributed by atoms with Crippen molar-refractivity contribution < 1.29 is 18.4 Å². The van der Waals surface area contributed by atoms with Crippen molar-refractivity contribution in [3.63, 3.8) is 0 Å². The second kappa shape index (κ2) is 5.26. The lowest BCUT2D eigenvalue weighted by Crippen LogP contribution is -2.36. The van der Waals surface area contributed by atoms with E-state index in [0.29, 0.717) is 6.07 Å². The normalized spacial score (nSPS) is 11.4. The number of nitrogens with zero attached hydrogens (tertiary/aromatic N) is 1. The van der Waals surface area contributed by atoms with Crippen molar-refractivity contribution >= 4 is 11.4 Å². The zero-order valence-corrected chi connectivity index (χ0v) is 10.3. The Kier molecular flexibility index (Phi) is 4.18. The lowest BCUT2D eigenvalue weighted by molar-refractivity contribution is -0.386. The first-order valence-corrected chi connectivity index (χ1v) is 5.17. The summed E-state index contributed by atoms with van der Waals surface area (Å²) in [5.74, 6) is -2.09. The Labute approximate surface area is 103 Å². The van der Waals surface area contributed by atoms with Crippen LogP contribution in [0.15, 0.2) is 12.1 Å². The fourth-order valence-corrected chi connectivity index (χ4v) is 1.61. The molecule has 1 rings (SSSR count). The summed E-state index contributed by atoms with van der Waals surface area (Å²) in [6.07, 6.45) is 0. The van der Waals surface area contributed by atoms with Gasteiger partial charge in [-0.1, -0.05) is 0 Å². The predicted octanol–water partition coefficient (Wildman–Crippen LogP) is 2.71. The van der Waals surface area contributed by atoms with E-state index in [0.717, 1.165) is 6.07 Å². The van der Waals surface area contributed by atoms with Crippen LogP contribution < -0.4 is 5.32 Å². The maximum atomic E-state index is 13.4. The molecule has 0 aromatic heterocycles. The van der Waals surface area contributed by atoms with Gasteiger partial charge in [-0.15, -0.1) is 0 Å². The summed E-state index contributed by atoms with van der Waals surface area (Å²) >= 11 is 0. The molecule has 0 heterocycles. The quantitative estimate of drug-likeness (QED) is 0.653. The lowest BCUT2D eigenvalue weighted by atomic mass is 10.1. The van der Waals surface area contributed by atoms with Gasteiger partial charge in [0.05, 0.1) is 17.1 Å². The summed E-state index contributed by atoms with van der Waals surface area (Å²) in [5.41, 5.74) is -1.68. The number of rotatable bonds is 5. The molecule has 0 saturated carbocycles. The number of methoxy groups -OCH3 is 1. The summed E-state index contributed by atoms with van der Waals surface area (Å²) in [7, 11) is 1.46. The highest BCUT2D eigenvalue weighted by Gasteiger charge is 2.26. The van der Waals surface area contributed by atoms with Crippen LogP contribution in [0.5, 0.6) is 0 Å². The van der Waals surface area contributed by atoms with Gasteiger partial charge in [0.2, 0.25) is 5.82 Å². The van der Waals surface area contributed by atoms with Gasteiger partial charge in [-0.3, -0.25) is 10.1 Å². The standard InChI is InChI=1S/C11H14F2N2O3/c1-11(2,6-18-3)14-9-5-7(12)4-8(13)10(9)15(16)17/h4-5,14H,6H2,1-3H3. The molecule has 0 saturated heterocycles. The average molecular weight is 260 g/mol. The van der Waals surface area contributed by atoms with Crippen molar-refractivity contribution in [3.05, 3.63) is 33.9 Å². The molecule has 0 fully saturated rings. The van der Waals surface area contributed by atoms with E-state index < -0.39 is 27.8 Å². The molecule has 0 atom stereocenters. The van der Waals surface area contributed by atoms with Gasteiger partial charge in [0.25, 0.3) is 0 Å². The molecule has 0 aliphatic heterocycles. The summed E-state index contributed by atoms with van der Waals surface area (Å²) in [5, 5.41) is 13.5. The van der Waals surface area contributed by atoms with Crippen molar-refractivity contribution in [2.75, 3.05) is 19.0 Å². The fraction of sp³-hybridized carbons (Fsp3) is 0.455. The minimum atomic E-state index is -1.21. The van der Waals surface area contributed by atoms with Crippen molar-refractivity contribution in [1.82, 2.24) is 0 Å². The number of benzene rings is 1. The Morgan fingerprint density at radius 1 is 1.44 bits per heavy atom. The minimum absolute atomic E-state index is 0.209. The Hall–Kier alpha value is -1.76. The third-order valence-electron chi connectivity index (χ3n) is 2.19. The lowest BCUT2D eigenvalue weighted by Gasteiger charge is -2.26. The molecule has 0 radical (unpaired) electrons. The summed E-state index contributed by atoms with van der Waals surface area (Å²) < 4.78 is 31.4. The largest absolute Gasteiger partial charge is 0.382 e. The Morgan fingerprint density at radius 3 is 2.56 bits per heavy atom. The molecule has 1 N–H and O–H groups in total. The van der Waals surface area contributed by atoms with E-state index in [1.165, 1.54) is 7.11 Å². The highest BCUT2D eigenvalue weighted by Crippen LogP contribution is 2.31. The first kappa shape index (κ1) is 14.3. The third-order valence-corrected chi connectivity index (χ3v) is 2.19. The Balaban J connectivity index is 3.19. The Morgan fingerprint density at radius 2 is 2.06 bits per heavy atom. The van der Waals surface area contributed by atoms with Crippen molar-refractivity contribution in [2.24, 2.45) is 0 Å². The number of nitrogens with one attached hydrogen (secondary N) is 1. The maximum Gasteiger partial charge on any atom is 0.327 e. The van der Waals surface area contributed by atoms with E-state index in [9.17, 15) is 18.9 Å². The SMILES string of the molecule is COCC(C)(C)Nc1cc(F)cc(F)c1[N+](=O)[O-]. The van der Waals surface area contributed by atoms with E-state index in [4.69, 9.17) is 4.74 Å². The van der Waals surface area contributed by atoms with E-state index in [-0.39, 0.29) is 12.3 Å².